The first-order valence-electron chi connectivity index (χ1n) is 6.60. The first kappa shape index (κ1) is 17.8. The summed E-state index contributed by atoms with van der Waals surface area (Å²) >= 11 is 0. The fourth-order valence-corrected chi connectivity index (χ4v) is 2.34. The van der Waals surface area contributed by atoms with Crippen LogP contribution in [-0.2, 0) is 6.18 Å². The first-order valence-corrected chi connectivity index (χ1v) is 6.60. The minimum Gasteiger partial charge on any atom is -0.349 e. The molecule has 0 unspecified atom stereocenters. The number of amides is 1. The van der Waals surface area contributed by atoms with E-state index in [1.807, 2.05) is 0 Å². The van der Waals surface area contributed by atoms with Gasteiger partial charge in [0.25, 0.3) is 5.91 Å². The van der Waals surface area contributed by atoms with Gasteiger partial charge in [-0.05, 0) is 49.9 Å². The van der Waals surface area contributed by atoms with Crippen LogP contribution in [0.2, 0.25) is 0 Å². The Hall–Kier alpha value is -1.27. The van der Waals surface area contributed by atoms with E-state index in [-0.39, 0.29) is 36.0 Å². The molecule has 0 aliphatic heterocycles. The van der Waals surface area contributed by atoms with Gasteiger partial charge in [0.2, 0.25) is 0 Å². The van der Waals surface area contributed by atoms with Crippen molar-refractivity contribution in [1.82, 2.24) is 5.32 Å². The van der Waals surface area contributed by atoms with Gasteiger partial charge in [0, 0.05) is 17.6 Å². The van der Waals surface area contributed by atoms with E-state index in [1.165, 1.54) is 12.1 Å². The molecule has 1 aliphatic rings. The molecular formula is C14H18ClF3N2O. The monoisotopic (exact) mass is 322 g/mol. The Bertz CT molecular complexity index is 468. The summed E-state index contributed by atoms with van der Waals surface area (Å²) in [4.78, 5) is 11.9. The van der Waals surface area contributed by atoms with E-state index >= 15 is 0 Å². The number of carbonyl (C=O) groups is 1. The Labute approximate surface area is 127 Å². The minimum absolute atomic E-state index is 0. The van der Waals surface area contributed by atoms with E-state index in [2.05, 4.69) is 5.32 Å². The van der Waals surface area contributed by atoms with Crippen LogP contribution in [-0.4, -0.2) is 18.0 Å². The summed E-state index contributed by atoms with van der Waals surface area (Å²) in [5.41, 5.74) is 5.27. The molecule has 3 nitrogen and oxygen atoms in total. The lowest BCUT2D eigenvalue weighted by Gasteiger charge is -2.26. The zero-order valence-corrected chi connectivity index (χ0v) is 12.1. The zero-order chi connectivity index (χ0) is 14.8. The van der Waals surface area contributed by atoms with Gasteiger partial charge in [0.15, 0.2) is 0 Å². The molecule has 7 heteroatoms. The molecule has 0 aromatic heterocycles. The number of alkyl halides is 3. The maximum absolute atomic E-state index is 12.4. The molecule has 0 heterocycles. The van der Waals surface area contributed by atoms with Gasteiger partial charge in [-0.15, -0.1) is 12.4 Å². The van der Waals surface area contributed by atoms with Crippen molar-refractivity contribution in [1.29, 1.82) is 0 Å². The smallest absolute Gasteiger partial charge is 0.349 e. The van der Waals surface area contributed by atoms with Crippen LogP contribution in [0.1, 0.15) is 41.6 Å². The Kier molecular flexibility index (Phi) is 6.04. The molecule has 0 radical (unpaired) electrons. The molecule has 1 aromatic carbocycles. The normalized spacial score (nSPS) is 22.3. The van der Waals surface area contributed by atoms with Crippen molar-refractivity contribution in [3.05, 3.63) is 35.4 Å². The average Bonchev–Trinajstić information content (AvgIpc) is 2.40. The zero-order valence-electron chi connectivity index (χ0n) is 11.3. The number of rotatable bonds is 2. The number of halogens is 4. The van der Waals surface area contributed by atoms with Crippen LogP contribution >= 0.6 is 12.4 Å². The lowest BCUT2D eigenvalue weighted by atomic mass is 9.91. The molecule has 0 atom stereocenters. The van der Waals surface area contributed by atoms with E-state index in [0.717, 1.165) is 37.8 Å². The van der Waals surface area contributed by atoms with Crippen molar-refractivity contribution in [3.63, 3.8) is 0 Å². The molecule has 0 spiro atoms. The standard InChI is InChI=1S/C14H17F3N2O.ClH/c15-14(16,17)10-3-1-9(2-4-10)13(20)19-12-7-5-11(18)6-8-12;/h1-4,11-12H,5-8,18H2,(H,19,20);1H. The summed E-state index contributed by atoms with van der Waals surface area (Å²) in [7, 11) is 0. The van der Waals surface area contributed by atoms with Crippen LogP contribution in [0.5, 0.6) is 0 Å². The molecule has 0 bridgehead atoms. The second-order valence-corrected chi connectivity index (χ2v) is 5.16. The third kappa shape index (κ3) is 4.89. The lowest BCUT2D eigenvalue weighted by molar-refractivity contribution is -0.137. The van der Waals surface area contributed by atoms with Crippen LogP contribution in [0.15, 0.2) is 24.3 Å². The first-order chi connectivity index (χ1) is 9.36. The summed E-state index contributed by atoms with van der Waals surface area (Å²) in [5, 5.41) is 2.84. The molecule has 0 saturated heterocycles. The molecule has 1 amide bonds. The fraction of sp³-hybridized carbons (Fsp3) is 0.500. The van der Waals surface area contributed by atoms with Gasteiger partial charge in [0.1, 0.15) is 0 Å². The summed E-state index contributed by atoms with van der Waals surface area (Å²) < 4.78 is 37.3. The van der Waals surface area contributed by atoms with Crippen molar-refractivity contribution in [2.24, 2.45) is 5.73 Å². The van der Waals surface area contributed by atoms with Crippen LogP contribution in [0, 0.1) is 0 Å². The fourth-order valence-electron chi connectivity index (χ4n) is 2.34. The second kappa shape index (κ2) is 7.13. The summed E-state index contributed by atoms with van der Waals surface area (Å²) in [6.45, 7) is 0. The van der Waals surface area contributed by atoms with Crippen LogP contribution in [0.4, 0.5) is 13.2 Å². The highest BCUT2D eigenvalue weighted by molar-refractivity contribution is 5.94. The van der Waals surface area contributed by atoms with Gasteiger partial charge in [-0.3, -0.25) is 4.79 Å². The Balaban J connectivity index is 0.00000220. The van der Waals surface area contributed by atoms with Crippen molar-refractivity contribution in [2.45, 2.75) is 43.9 Å². The molecule has 1 saturated carbocycles. The van der Waals surface area contributed by atoms with Gasteiger partial charge < -0.3 is 11.1 Å². The summed E-state index contributed by atoms with van der Waals surface area (Å²) in [6.07, 6.45) is -1.04. The largest absolute Gasteiger partial charge is 0.416 e. The number of hydrogen-bond donors (Lipinski definition) is 2. The Morgan fingerprint density at radius 3 is 2.10 bits per heavy atom. The number of benzene rings is 1. The van der Waals surface area contributed by atoms with Gasteiger partial charge in [-0.25, -0.2) is 0 Å². The highest BCUT2D eigenvalue weighted by Crippen LogP contribution is 2.29. The van der Waals surface area contributed by atoms with Gasteiger partial charge >= 0.3 is 6.18 Å². The van der Waals surface area contributed by atoms with Crippen LogP contribution in [0.25, 0.3) is 0 Å². The molecule has 3 N–H and O–H groups in total. The van der Waals surface area contributed by atoms with E-state index in [0.29, 0.717) is 0 Å². The molecule has 21 heavy (non-hydrogen) atoms. The maximum atomic E-state index is 12.4. The highest BCUT2D eigenvalue weighted by Gasteiger charge is 2.30. The maximum Gasteiger partial charge on any atom is 0.416 e. The number of nitrogens with one attached hydrogen (secondary N) is 1. The van der Waals surface area contributed by atoms with E-state index in [4.69, 9.17) is 5.73 Å². The third-order valence-electron chi connectivity index (χ3n) is 3.58. The van der Waals surface area contributed by atoms with Crippen molar-refractivity contribution >= 4 is 18.3 Å². The lowest BCUT2D eigenvalue weighted by Crippen LogP contribution is -2.40. The topological polar surface area (TPSA) is 55.1 Å². The van der Waals surface area contributed by atoms with Crippen molar-refractivity contribution in [3.8, 4) is 0 Å². The van der Waals surface area contributed by atoms with Gasteiger partial charge in [-0.2, -0.15) is 13.2 Å². The SMILES string of the molecule is Cl.NC1CCC(NC(=O)c2ccc(C(F)(F)F)cc2)CC1. The van der Waals surface area contributed by atoms with E-state index < -0.39 is 11.7 Å². The second-order valence-electron chi connectivity index (χ2n) is 5.16. The van der Waals surface area contributed by atoms with E-state index in [9.17, 15) is 18.0 Å². The molecular weight excluding hydrogens is 305 g/mol. The molecule has 1 aromatic rings. The summed E-state index contributed by atoms with van der Waals surface area (Å²) in [5.74, 6) is -0.334. The predicted molar refractivity (Wildman–Crippen MR) is 76.4 cm³/mol. The highest BCUT2D eigenvalue weighted by atomic mass is 35.5. The quantitative estimate of drug-likeness (QED) is 0.879. The van der Waals surface area contributed by atoms with Gasteiger partial charge in [0.05, 0.1) is 5.56 Å². The molecule has 2 rings (SSSR count). The average molecular weight is 323 g/mol. The molecule has 1 aliphatic carbocycles. The number of nitrogens with two attached hydrogens (primary N) is 1. The van der Waals surface area contributed by atoms with Crippen LogP contribution < -0.4 is 11.1 Å². The van der Waals surface area contributed by atoms with E-state index in [1.54, 1.807) is 0 Å². The van der Waals surface area contributed by atoms with Crippen LogP contribution in [0.3, 0.4) is 0 Å². The summed E-state index contributed by atoms with van der Waals surface area (Å²) in [6, 6.07) is 4.50. The minimum atomic E-state index is -4.38. The Morgan fingerprint density at radius 1 is 1.10 bits per heavy atom. The molecule has 1 fully saturated rings. The van der Waals surface area contributed by atoms with Crippen molar-refractivity contribution in [2.75, 3.05) is 0 Å². The van der Waals surface area contributed by atoms with Gasteiger partial charge in [-0.1, -0.05) is 0 Å². The predicted octanol–water partition coefficient (Wildman–Crippen LogP) is 3.13. The third-order valence-corrected chi connectivity index (χ3v) is 3.58. The van der Waals surface area contributed by atoms with Crippen molar-refractivity contribution < 1.29 is 18.0 Å². The molecule has 118 valence electrons. The number of carbonyl (C=O) groups excluding carboxylic acids is 1. The number of hydrogen-bond acceptors (Lipinski definition) is 2. The Morgan fingerprint density at radius 2 is 1.62 bits per heavy atom.